The van der Waals surface area contributed by atoms with Crippen molar-refractivity contribution < 1.29 is 9.59 Å². The summed E-state index contributed by atoms with van der Waals surface area (Å²) in [5.41, 5.74) is 2.39. The van der Waals surface area contributed by atoms with Gasteiger partial charge in [-0.15, -0.1) is 5.10 Å². The van der Waals surface area contributed by atoms with E-state index in [4.69, 9.17) is 0 Å². The third kappa shape index (κ3) is 4.15. The highest BCUT2D eigenvalue weighted by atomic mass is 16.2. The summed E-state index contributed by atoms with van der Waals surface area (Å²) in [4.78, 5) is 27.7. The van der Waals surface area contributed by atoms with Gasteiger partial charge in [0.15, 0.2) is 0 Å². The second-order valence-corrected chi connectivity index (χ2v) is 5.21. The highest BCUT2D eigenvalue weighted by Crippen LogP contribution is 2.13. The Morgan fingerprint density at radius 2 is 2.08 bits per heavy atom. The van der Waals surface area contributed by atoms with Crippen LogP contribution in [0.3, 0.4) is 0 Å². The van der Waals surface area contributed by atoms with Crippen LogP contribution in [0.25, 0.3) is 11.8 Å². The summed E-state index contributed by atoms with van der Waals surface area (Å²) in [6, 6.07) is 8.75. The second kappa shape index (κ2) is 7.79. The van der Waals surface area contributed by atoms with Crippen molar-refractivity contribution in [2.75, 3.05) is 12.4 Å². The van der Waals surface area contributed by atoms with Gasteiger partial charge in [0, 0.05) is 31.2 Å². The Morgan fingerprint density at radius 3 is 2.85 bits per heavy atom. The van der Waals surface area contributed by atoms with Crippen LogP contribution in [0.5, 0.6) is 0 Å². The Bertz CT molecular complexity index is 951. The Morgan fingerprint density at radius 1 is 1.19 bits per heavy atom. The van der Waals surface area contributed by atoms with Crippen molar-refractivity contribution in [3.05, 3.63) is 66.3 Å². The molecule has 2 aromatic heterocycles. The van der Waals surface area contributed by atoms with E-state index in [1.807, 2.05) is 6.07 Å². The zero-order valence-corrected chi connectivity index (χ0v) is 13.8. The van der Waals surface area contributed by atoms with Crippen molar-refractivity contribution in [3.63, 3.8) is 0 Å². The lowest BCUT2D eigenvalue weighted by Crippen LogP contribution is -2.17. The molecule has 0 aliphatic heterocycles. The second-order valence-electron chi connectivity index (χ2n) is 5.21. The van der Waals surface area contributed by atoms with Gasteiger partial charge in [0.1, 0.15) is 6.33 Å². The van der Waals surface area contributed by atoms with Crippen LogP contribution in [0.15, 0.2) is 55.1 Å². The third-order valence-electron chi connectivity index (χ3n) is 3.40. The smallest absolute Gasteiger partial charge is 0.252 e. The fraction of sp³-hybridized carbons (Fsp3) is 0.0588. The lowest BCUT2D eigenvalue weighted by Gasteiger charge is -2.05. The highest BCUT2D eigenvalue weighted by molar-refractivity contribution is 6.02. The lowest BCUT2D eigenvalue weighted by molar-refractivity contribution is -0.111. The molecule has 3 rings (SSSR count). The number of hydrogen-bond donors (Lipinski definition) is 2. The molecule has 0 spiro atoms. The monoisotopic (exact) mass is 349 g/mol. The first-order valence-corrected chi connectivity index (χ1v) is 7.65. The van der Waals surface area contributed by atoms with Crippen LogP contribution in [-0.4, -0.2) is 44.1 Å². The zero-order valence-electron chi connectivity index (χ0n) is 13.8. The fourth-order valence-corrected chi connectivity index (χ4v) is 2.18. The van der Waals surface area contributed by atoms with E-state index in [0.717, 1.165) is 5.69 Å². The quantitative estimate of drug-likeness (QED) is 0.666. The number of pyridine rings is 1. The summed E-state index contributed by atoms with van der Waals surface area (Å²) >= 11 is 0. The summed E-state index contributed by atoms with van der Waals surface area (Å²) in [5.74, 6) is -0.555. The van der Waals surface area contributed by atoms with Crippen LogP contribution < -0.4 is 10.6 Å². The number of hydrogen-bond acceptors (Lipinski definition) is 6. The van der Waals surface area contributed by atoms with E-state index >= 15 is 0 Å². The minimum absolute atomic E-state index is 0.239. The van der Waals surface area contributed by atoms with Crippen LogP contribution >= 0.6 is 0 Å². The minimum atomic E-state index is -0.316. The predicted molar refractivity (Wildman–Crippen MR) is 94.4 cm³/mol. The van der Waals surface area contributed by atoms with Gasteiger partial charge >= 0.3 is 0 Å². The van der Waals surface area contributed by atoms with Gasteiger partial charge in [-0.3, -0.25) is 14.6 Å². The third-order valence-corrected chi connectivity index (χ3v) is 3.40. The van der Waals surface area contributed by atoms with Crippen molar-refractivity contribution >= 4 is 23.6 Å². The molecular formula is C17H15N7O2. The maximum atomic E-state index is 12.1. The van der Waals surface area contributed by atoms with E-state index in [0.29, 0.717) is 16.8 Å². The summed E-state index contributed by atoms with van der Waals surface area (Å²) < 4.78 is 1.49. The number of benzene rings is 1. The van der Waals surface area contributed by atoms with E-state index < -0.39 is 0 Å². The molecule has 130 valence electrons. The Balaban J connectivity index is 1.68. The first-order valence-electron chi connectivity index (χ1n) is 7.65. The normalized spacial score (nSPS) is 10.7. The molecule has 0 fully saturated rings. The molecule has 9 nitrogen and oxygen atoms in total. The van der Waals surface area contributed by atoms with Crippen LogP contribution in [-0.2, 0) is 4.79 Å². The number of carbonyl (C=O) groups is 2. The van der Waals surface area contributed by atoms with Crippen molar-refractivity contribution in [3.8, 4) is 5.69 Å². The number of rotatable bonds is 5. The number of amides is 2. The molecule has 2 heterocycles. The molecule has 0 bridgehead atoms. The topological polar surface area (TPSA) is 115 Å². The maximum absolute atomic E-state index is 12.1. The van der Waals surface area contributed by atoms with E-state index in [2.05, 4.69) is 31.1 Å². The van der Waals surface area contributed by atoms with Gasteiger partial charge in [-0.05, 0) is 46.3 Å². The molecule has 3 aromatic rings. The van der Waals surface area contributed by atoms with Crippen molar-refractivity contribution in [1.82, 2.24) is 30.5 Å². The van der Waals surface area contributed by atoms with Crippen molar-refractivity contribution in [1.29, 1.82) is 0 Å². The largest absolute Gasteiger partial charge is 0.355 e. The zero-order chi connectivity index (χ0) is 18.4. The lowest BCUT2D eigenvalue weighted by atomic mass is 10.2. The van der Waals surface area contributed by atoms with Gasteiger partial charge in [0.2, 0.25) is 5.91 Å². The number of anilines is 1. The van der Waals surface area contributed by atoms with Gasteiger partial charge < -0.3 is 10.6 Å². The molecule has 0 atom stereocenters. The van der Waals surface area contributed by atoms with Gasteiger partial charge in [-0.2, -0.15) is 0 Å². The molecule has 0 saturated carbocycles. The first kappa shape index (κ1) is 17.0. The summed E-state index contributed by atoms with van der Waals surface area (Å²) in [5, 5.41) is 16.2. The average molecular weight is 349 g/mol. The molecule has 2 N–H and O–H groups in total. The van der Waals surface area contributed by atoms with Crippen LogP contribution in [0, 0.1) is 0 Å². The Hall–Kier alpha value is -3.88. The SMILES string of the molecule is CNC(=O)c1cncc(/C=C\C(=O)Nc2cccc(-n3cnnn3)c2)c1. The highest BCUT2D eigenvalue weighted by Gasteiger charge is 2.04. The van der Waals surface area contributed by atoms with E-state index in [1.54, 1.807) is 43.6 Å². The van der Waals surface area contributed by atoms with E-state index in [9.17, 15) is 9.59 Å². The van der Waals surface area contributed by atoms with Gasteiger partial charge in [-0.25, -0.2) is 4.68 Å². The summed E-state index contributed by atoms with van der Waals surface area (Å²) in [7, 11) is 1.54. The standard InChI is InChI=1S/C17H15N7O2/c1-18-17(26)13-7-12(9-19-10-13)5-6-16(25)21-14-3-2-4-15(8-14)24-11-20-22-23-24/h2-11H,1H3,(H,18,26)(H,21,25)/b6-5-. The van der Waals surface area contributed by atoms with Gasteiger partial charge in [0.25, 0.3) is 5.91 Å². The van der Waals surface area contributed by atoms with Gasteiger partial charge in [0.05, 0.1) is 11.3 Å². The fourth-order valence-electron chi connectivity index (χ4n) is 2.18. The van der Waals surface area contributed by atoms with Crippen molar-refractivity contribution in [2.24, 2.45) is 0 Å². The van der Waals surface area contributed by atoms with Crippen LogP contribution in [0.1, 0.15) is 15.9 Å². The average Bonchev–Trinajstić information content (AvgIpc) is 3.21. The number of nitrogens with zero attached hydrogens (tertiary/aromatic N) is 5. The number of tetrazole rings is 1. The molecule has 9 heteroatoms. The Labute approximate surface area is 148 Å². The summed E-state index contributed by atoms with van der Waals surface area (Å²) in [6.45, 7) is 0. The van der Waals surface area contributed by atoms with Gasteiger partial charge in [-0.1, -0.05) is 6.07 Å². The Kier molecular flexibility index (Phi) is 5.08. The number of aromatic nitrogens is 5. The number of carbonyl (C=O) groups excluding carboxylic acids is 2. The van der Waals surface area contributed by atoms with E-state index in [-0.39, 0.29) is 11.8 Å². The molecule has 26 heavy (non-hydrogen) atoms. The molecule has 0 radical (unpaired) electrons. The number of nitrogens with one attached hydrogen (secondary N) is 2. The van der Waals surface area contributed by atoms with Crippen molar-refractivity contribution in [2.45, 2.75) is 0 Å². The molecule has 0 saturated heterocycles. The first-order chi connectivity index (χ1) is 12.7. The predicted octanol–water partition coefficient (Wildman–Crippen LogP) is 1.07. The molecular weight excluding hydrogens is 334 g/mol. The van der Waals surface area contributed by atoms with Crippen LogP contribution in [0.4, 0.5) is 5.69 Å². The molecule has 1 aromatic carbocycles. The molecule has 0 aliphatic carbocycles. The molecule has 0 unspecified atom stereocenters. The van der Waals surface area contributed by atoms with Crippen LogP contribution in [0.2, 0.25) is 0 Å². The molecule has 2 amide bonds. The minimum Gasteiger partial charge on any atom is -0.355 e. The van der Waals surface area contributed by atoms with E-state index in [1.165, 1.54) is 23.3 Å². The maximum Gasteiger partial charge on any atom is 0.252 e. The summed E-state index contributed by atoms with van der Waals surface area (Å²) in [6.07, 6.45) is 7.44. The molecule has 0 aliphatic rings.